The average Bonchev–Trinajstić information content (AvgIpc) is 3.14. The lowest BCUT2D eigenvalue weighted by molar-refractivity contribution is -0.384. The van der Waals surface area contributed by atoms with Gasteiger partial charge in [-0.1, -0.05) is 53.2 Å². The van der Waals surface area contributed by atoms with Crippen molar-refractivity contribution in [3.05, 3.63) is 92.0 Å². The second kappa shape index (κ2) is 9.14. The smallest absolute Gasteiger partial charge is 0.258 e. The van der Waals surface area contributed by atoms with Gasteiger partial charge >= 0.3 is 0 Å². The molecule has 0 saturated heterocycles. The first-order chi connectivity index (χ1) is 14.5. The van der Waals surface area contributed by atoms with Gasteiger partial charge in [-0.25, -0.2) is 4.98 Å². The third kappa shape index (κ3) is 4.82. The molecule has 1 aromatic heterocycles. The van der Waals surface area contributed by atoms with E-state index >= 15 is 0 Å². The van der Waals surface area contributed by atoms with Crippen LogP contribution in [0.25, 0.3) is 10.2 Å². The number of thioether (sulfide) groups is 1. The van der Waals surface area contributed by atoms with Crippen molar-refractivity contribution in [3.8, 4) is 0 Å². The molecule has 3 aromatic carbocycles. The quantitative estimate of drug-likeness (QED) is 0.125. The number of halogens is 2. The van der Waals surface area contributed by atoms with Crippen LogP contribution in [0.1, 0.15) is 11.1 Å². The molecule has 0 radical (unpaired) electrons. The Morgan fingerprint density at radius 2 is 1.87 bits per heavy atom. The van der Waals surface area contributed by atoms with Gasteiger partial charge in [0.15, 0.2) is 4.34 Å². The van der Waals surface area contributed by atoms with Crippen LogP contribution in [0.5, 0.6) is 0 Å². The summed E-state index contributed by atoms with van der Waals surface area (Å²) in [5, 5.41) is 12.2. The van der Waals surface area contributed by atoms with E-state index < -0.39 is 4.92 Å². The highest BCUT2D eigenvalue weighted by atomic mass is 35.5. The van der Waals surface area contributed by atoms with Crippen LogP contribution in [0.4, 0.5) is 11.4 Å². The molecule has 4 rings (SSSR count). The van der Waals surface area contributed by atoms with E-state index in [1.54, 1.807) is 41.4 Å². The Morgan fingerprint density at radius 3 is 2.63 bits per heavy atom. The van der Waals surface area contributed by atoms with Crippen molar-refractivity contribution in [3.63, 3.8) is 0 Å². The van der Waals surface area contributed by atoms with Gasteiger partial charge in [-0.15, -0.1) is 11.3 Å². The average molecular weight is 474 g/mol. The monoisotopic (exact) mass is 473 g/mol. The molecule has 0 amide bonds. The Balaban J connectivity index is 1.51. The molecule has 9 heteroatoms. The van der Waals surface area contributed by atoms with Crippen LogP contribution < -0.4 is 0 Å². The Labute approximate surface area is 190 Å². The number of fused-ring (bicyclic) bond motifs is 1. The van der Waals surface area contributed by atoms with E-state index in [1.807, 2.05) is 36.4 Å². The maximum atomic E-state index is 10.9. The predicted molar refractivity (Wildman–Crippen MR) is 126 cm³/mol. The molecule has 4 aromatic rings. The third-order valence-corrected chi connectivity index (χ3v) is 7.09. The lowest BCUT2D eigenvalue weighted by atomic mass is 10.2. The zero-order valence-electron chi connectivity index (χ0n) is 15.3. The summed E-state index contributed by atoms with van der Waals surface area (Å²) in [6.45, 7) is 0. The largest absolute Gasteiger partial charge is 0.270 e. The van der Waals surface area contributed by atoms with Crippen LogP contribution in [-0.2, 0) is 5.75 Å². The molecule has 0 aliphatic carbocycles. The molecule has 0 unspecified atom stereocenters. The molecule has 30 heavy (non-hydrogen) atoms. The molecule has 5 nitrogen and oxygen atoms in total. The number of aliphatic imine (C=N–C) groups is 1. The van der Waals surface area contributed by atoms with Gasteiger partial charge in [-0.05, 0) is 41.5 Å². The number of hydrogen-bond acceptors (Lipinski definition) is 6. The molecular weight excluding hydrogens is 461 g/mol. The van der Waals surface area contributed by atoms with Crippen LogP contribution in [0.3, 0.4) is 0 Å². The normalized spacial score (nSPS) is 11.4. The van der Waals surface area contributed by atoms with Crippen molar-refractivity contribution in [2.45, 2.75) is 10.1 Å². The molecule has 0 fully saturated rings. The highest BCUT2D eigenvalue weighted by Gasteiger charge is 2.10. The topological polar surface area (TPSA) is 68.4 Å². The van der Waals surface area contributed by atoms with E-state index in [1.165, 1.54) is 12.1 Å². The highest BCUT2D eigenvalue weighted by Crippen LogP contribution is 2.36. The van der Waals surface area contributed by atoms with Gasteiger partial charge in [0, 0.05) is 34.1 Å². The van der Waals surface area contributed by atoms with Crippen LogP contribution >= 0.6 is 46.3 Å². The molecule has 0 spiro atoms. The standard InChI is InChI=1S/C21H13Cl2N3O2S2/c22-17-5-2-6-18(23)16(17)12-29-21-25-19-8-7-14(10-20(19)30-21)24-11-13-3-1-4-15(9-13)26(27)28/h1-11H,12H2. The molecule has 0 N–H and O–H groups in total. The van der Waals surface area contributed by atoms with Crippen LogP contribution in [0.2, 0.25) is 10.0 Å². The molecule has 0 aliphatic rings. The van der Waals surface area contributed by atoms with Crippen LogP contribution in [-0.4, -0.2) is 16.1 Å². The zero-order valence-corrected chi connectivity index (χ0v) is 18.4. The van der Waals surface area contributed by atoms with Crippen molar-refractivity contribution >= 4 is 74.1 Å². The van der Waals surface area contributed by atoms with Gasteiger partial charge < -0.3 is 0 Å². The molecule has 0 saturated carbocycles. The Kier molecular flexibility index (Phi) is 6.34. The van der Waals surface area contributed by atoms with Gasteiger partial charge in [-0.3, -0.25) is 15.1 Å². The molecule has 0 atom stereocenters. The van der Waals surface area contributed by atoms with Gasteiger partial charge in [0.1, 0.15) is 0 Å². The maximum Gasteiger partial charge on any atom is 0.270 e. The lowest BCUT2D eigenvalue weighted by Gasteiger charge is -2.04. The van der Waals surface area contributed by atoms with Crippen molar-refractivity contribution in [2.24, 2.45) is 4.99 Å². The number of non-ortho nitro benzene ring substituents is 1. The fourth-order valence-electron chi connectivity index (χ4n) is 2.71. The fourth-order valence-corrected chi connectivity index (χ4v) is 5.55. The zero-order chi connectivity index (χ0) is 21.1. The summed E-state index contributed by atoms with van der Waals surface area (Å²) < 4.78 is 1.93. The van der Waals surface area contributed by atoms with Crippen LogP contribution in [0, 0.1) is 10.1 Å². The molecule has 0 aliphatic heterocycles. The third-order valence-electron chi connectivity index (χ3n) is 4.20. The SMILES string of the molecule is O=[N+]([O-])c1cccc(C=Nc2ccc3nc(SCc4c(Cl)cccc4Cl)sc3c2)c1. The first-order valence-electron chi connectivity index (χ1n) is 8.74. The van der Waals surface area contributed by atoms with Gasteiger partial charge in [0.25, 0.3) is 5.69 Å². The molecule has 150 valence electrons. The van der Waals surface area contributed by atoms with Crippen molar-refractivity contribution < 1.29 is 4.92 Å². The molecule has 1 heterocycles. The van der Waals surface area contributed by atoms with E-state index in [0.29, 0.717) is 21.4 Å². The second-order valence-corrected chi connectivity index (χ2v) is 9.30. The first-order valence-corrected chi connectivity index (χ1v) is 11.3. The van der Waals surface area contributed by atoms with E-state index in [9.17, 15) is 10.1 Å². The number of thiazole rings is 1. The number of benzene rings is 3. The van der Waals surface area contributed by atoms with Gasteiger partial charge in [-0.2, -0.15) is 0 Å². The Bertz CT molecular complexity index is 1250. The van der Waals surface area contributed by atoms with Crippen LogP contribution in [0.15, 0.2) is 70.0 Å². The summed E-state index contributed by atoms with van der Waals surface area (Å²) >= 11 is 15.6. The highest BCUT2D eigenvalue weighted by molar-refractivity contribution is 8.00. The second-order valence-electron chi connectivity index (χ2n) is 6.23. The van der Waals surface area contributed by atoms with E-state index in [2.05, 4.69) is 9.98 Å². The van der Waals surface area contributed by atoms with Crippen molar-refractivity contribution in [1.29, 1.82) is 0 Å². The summed E-state index contributed by atoms with van der Waals surface area (Å²) in [4.78, 5) is 19.6. The minimum Gasteiger partial charge on any atom is -0.258 e. The number of nitrogens with zero attached hydrogens (tertiary/aromatic N) is 3. The Hall–Kier alpha value is -2.45. The lowest BCUT2D eigenvalue weighted by Crippen LogP contribution is -1.89. The predicted octanol–water partition coefficient (Wildman–Crippen LogP) is 7.55. The van der Waals surface area contributed by atoms with Crippen molar-refractivity contribution in [2.75, 3.05) is 0 Å². The van der Waals surface area contributed by atoms with Crippen molar-refractivity contribution in [1.82, 2.24) is 4.98 Å². The number of aromatic nitrogens is 1. The van der Waals surface area contributed by atoms with Gasteiger partial charge in [0.2, 0.25) is 0 Å². The summed E-state index contributed by atoms with van der Waals surface area (Å²) in [6.07, 6.45) is 1.62. The number of hydrogen-bond donors (Lipinski definition) is 0. The number of rotatable bonds is 6. The molecular formula is C21H13Cl2N3O2S2. The van der Waals surface area contributed by atoms with E-state index in [0.717, 1.165) is 25.8 Å². The van der Waals surface area contributed by atoms with E-state index in [-0.39, 0.29) is 5.69 Å². The summed E-state index contributed by atoms with van der Waals surface area (Å²) in [7, 11) is 0. The molecule has 0 bridgehead atoms. The first kappa shape index (κ1) is 20.8. The number of nitro groups is 1. The summed E-state index contributed by atoms with van der Waals surface area (Å²) in [5.74, 6) is 0.635. The Morgan fingerprint density at radius 1 is 1.10 bits per heavy atom. The minimum atomic E-state index is -0.421. The number of nitro benzene ring substituents is 1. The maximum absolute atomic E-state index is 10.9. The summed E-state index contributed by atoms with van der Waals surface area (Å²) in [6, 6.07) is 17.6. The fraction of sp³-hybridized carbons (Fsp3) is 0.0476. The summed E-state index contributed by atoms with van der Waals surface area (Å²) in [5.41, 5.74) is 3.25. The van der Waals surface area contributed by atoms with Gasteiger partial charge in [0.05, 0.1) is 20.8 Å². The minimum absolute atomic E-state index is 0.0390. The van der Waals surface area contributed by atoms with E-state index in [4.69, 9.17) is 23.2 Å².